The molecule has 0 saturated carbocycles. The molecule has 1 aliphatic heterocycles. The second kappa shape index (κ2) is 2.54. The van der Waals surface area contributed by atoms with E-state index in [0.717, 1.165) is 24.4 Å². The Morgan fingerprint density at radius 3 is 3.07 bits per heavy atom. The molecule has 1 aliphatic rings. The van der Waals surface area contributed by atoms with E-state index in [-0.39, 0.29) is 0 Å². The molecule has 0 amide bonds. The third kappa shape index (κ3) is 0.974. The molecule has 4 nitrogen and oxygen atoms in total. The number of hydrogen-bond acceptors (Lipinski definition) is 3. The molecule has 0 fully saturated rings. The van der Waals surface area contributed by atoms with Gasteiger partial charge in [0.2, 0.25) is 0 Å². The van der Waals surface area contributed by atoms with Gasteiger partial charge in [-0.2, -0.15) is 5.10 Å². The molecule has 0 saturated heterocycles. The molecule has 0 unspecified atom stereocenters. The Hall–Kier alpha value is -1.42. The lowest BCUT2D eigenvalue weighted by molar-refractivity contribution is 0.348. The highest BCUT2D eigenvalue weighted by Gasteiger charge is 2.22. The van der Waals surface area contributed by atoms with Crippen molar-refractivity contribution in [2.75, 3.05) is 7.05 Å². The normalized spacial score (nSPS) is 16.4. The minimum atomic E-state index is 0.942. The first-order valence-electron chi connectivity index (χ1n) is 4.76. The zero-order valence-corrected chi connectivity index (χ0v) is 8.36. The highest BCUT2D eigenvalue weighted by molar-refractivity contribution is 5.51. The van der Waals surface area contributed by atoms with Gasteiger partial charge in [-0.15, -0.1) is 0 Å². The van der Waals surface area contributed by atoms with Crippen molar-refractivity contribution < 1.29 is 0 Å². The number of aryl methyl sites for hydroxylation is 1. The lowest BCUT2D eigenvalue weighted by Gasteiger charge is -2.05. The number of rotatable bonds is 0. The van der Waals surface area contributed by atoms with Gasteiger partial charge in [0.1, 0.15) is 0 Å². The predicted molar refractivity (Wildman–Crippen MR) is 52.9 cm³/mol. The van der Waals surface area contributed by atoms with Crippen LogP contribution in [0.25, 0.3) is 5.65 Å². The van der Waals surface area contributed by atoms with Crippen LogP contribution in [-0.4, -0.2) is 26.5 Å². The Morgan fingerprint density at radius 1 is 1.36 bits per heavy atom. The van der Waals surface area contributed by atoms with E-state index in [4.69, 9.17) is 0 Å². The highest BCUT2D eigenvalue weighted by Crippen LogP contribution is 2.23. The van der Waals surface area contributed by atoms with Crippen LogP contribution in [0, 0.1) is 6.92 Å². The summed E-state index contributed by atoms with van der Waals surface area (Å²) in [7, 11) is 2.11. The van der Waals surface area contributed by atoms with Crippen LogP contribution < -0.4 is 0 Å². The van der Waals surface area contributed by atoms with Gasteiger partial charge in [-0.1, -0.05) is 0 Å². The average Bonchev–Trinajstić information content (AvgIpc) is 2.62. The summed E-state index contributed by atoms with van der Waals surface area (Å²) in [5, 5.41) is 4.50. The molecule has 0 aromatic carbocycles. The maximum Gasteiger partial charge on any atom is 0.159 e. The second-order valence-corrected chi connectivity index (χ2v) is 3.93. The van der Waals surface area contributed by atoms with E-state index in [1.807, 2.05) is 23.7 Å². The van der Waals surface area contributed by atoms with E-state index >= 15 is 0 Å². The van der Waals surface area contributed by atoms with Gasteiger partial charge < -0.3 is 0 Å². The molecule has 3 heterocycles. The number of nitrogens with zero attached hydrogens (tertiary/aromatic N) is 4. The van der Waals surface area contributed by atoms with E-state index in [2.05, 4.69) is 22.0 Å². The minimum Gasteiger partial charge on any atom is -0.296 e. The Labute approximate surface area is 82.2 Å². The zero-order chi connectivity index (χ0) is 9.71. The van der Waals surface area contributed by atoms with Gasteiger partial charge in [-0.05, 0) is 20.0 Å². The third-order valence-electron chi connectivity index (χ3n) is 2.65. The van der Waals surface area contributed by atoms with Crippen LogP contribution in [0.1, 0.15) is 17.0 Å². The summed E-state index contributed by atoms with van der Waals surface area (Å²) in [5.41, 5.74) is 4.53. The summed E-state index contributed by atoms with van der Waals surface area (Å²) < 4.78 is 1.88. The SMILES string of the molecule is Cc1ccn2nc3c(c2n1)CN(C)C3. The van der Waals surface area contributed by atoms with Crippen LogP contribution in [0.5, 0.6) is 0 Å². The van der Waals surface area contributed by atoms with Gasteiger partial charge in [-0.3, -0.25) is 4.90 Å². The highest BCUT2D eigenvalue weighted by atomic mass is 15.3. The Morgan fingerprint density at radius 2 is 2.21 bits per heavy atom. The van der Waals surface area contributed by atoms with Crippen LogP contribution in [0.4, 0.5) is 0 Å². The molecule has 72 valence electrons. The van der Waals surface area contributed by atoms with Crippen molar-refractivity contribution in [3.05, 3.63) is 29.2 Å². The van der Waals surface area contributed by atoms with Crippen molar-refractivity contribution in [1.29, 1.82) is 0 Å². The predicted octanol–water partition coefficient (Wildman–Crippen LogP) is 0.983. The number of fused-ring (bicyclic) bond motifs is 3. The van der Waals surface area contributed by atoms with Crippen molar-refractivity contribution in [3.63, 3.8) is 0 Å². The van der Waals surface area contributed by atoms with Crippen molar-refractivity contribution in [2.24, 2.45) is 0 Å². The molecule has 0 aliphatic carbocycles. The van der Waals surface area contributed by atoms with Gasteiger partial charge in [0.05, 0.1) is 5.69 Å². The van der Waals surface area contributed by atoms with Crippen LogP contribution in [0.2, 0.25) is 0 Å². The third-order valence-corrected chi connectivity index (χ3v) is 2.65. The monoisotopic (exact) mass is 188 g/mol. The van der Waals surface area contributed by atoms with Gasteiger partial charge in [0.25, 0.3) is 0 Å². The molecule has 2 aromatic rings. The fourth-order valence-electron chi connectivity index (χ4n) is 1.98. The largest absolute Gasteiger partial charge is 0.296 e. The number of hydrogen-bond donors (Lipinski definition) is 0. The molecule has 2 aromatic heterocycles. The van der Waals surface area contributed by atoms with Crippen molar-refractivity contribution in [2.45, 2.75) is 20.0 Å². The first-order valence-corrected chi connectivity index (χ1v) is 4.76. The topological polar surface area (TPSA) is 33.4 Å². The molecule has 0 spiro atoms. The van der Waals surface area contributed by atoms with Crippen LogP contribution in [-0.2, 0) is 13.1 Å². The van der Waals surface area contributed by atoms with E-state index in [9.17, 15) is 0 Å². The molecule has 0 radical (unpaired) electrons. The van der Waals surface area contributed by atoms with E-state index in [0.29, 0.717) is 0 Å². The van der Waals surface area contributed by atoms with Crippen molar-refractivity contribution in [3.8, 4) is 0 Å². The molecule has 3 rings (SSSR count). The van der Waals surface area contributed by atoms with Crippen molar-refractivity contribution in [1.82, 2.24) is 19.5 Å². The standard InChI is InChI=1S/C10H12N4/c1-7-3-4-14-10(11-7)8-5-13(2)6-9(8)12-14/h3-4H,5-6H2,1-2H3. The molecule has 14 heavy (non-hydrogen) atoms. The summed E-state index contributed by atoms with van der Waals surface area (Å²) in [6.45, 7) is 3.92. The Bertz CT molecular complexity index is 500. The van der Waals surface area contributed by atoms with Crippen molar-refractivity contribution >= 4 is 5.65 Å². The van der Waals surface area contributed by atoms with E-state index < -0.39 is 0 Å². The maximum atomic E-state index is 4.52. The van der Waals surface area contributed by atoms with Gasteiger partial charge in [-0.25, -0.2) is 9.50 Å². The van der Waals surface area contributed by atoms with Gasteiger partial charge in [0, 0.05) is 30.5 Å². The zero-order valence-electron chi connectivity index (χ0n) is 8.36. The van der Waals surface area contributed by atoms with Crippen LogP contribution >= 0.6 is 0 Å². The summed E-state index contributed by atoms with van der Waals surface area (Å²) >= 11 is 0. The molecule has 0 atom stereocenters. The fraction of sp³-hybridized carbons (Fsp3) is 0.400. The van der Waals surface area contributed by atoms with Crippen LogP contribution in [0.3, 0.4) is 0 Å². The molecular weight excluding hydrogens is 176 g/mol. The second-order valence-electron chi connectivity index (χ2n) is 3.93. The number of aromatic nitrogens is 3. The Balaban J connectivity index is 2.30. The summed E-state index contributed by atoms with van der Waals surface area (Å²) in [6.07, 6.45) is 1.98. The summed E-state index contributed by atoms with van der Waals surface area (Å²) in [6, 6.07) is 1.98. The molecule has 4 heteroatoms. The smallest absolute Gasteiger partial charge is 0.159 e. The Kier molecular flexibility index (Phi) is 1.44. The quantitative estimate of drug-likeness (QED) is 0.618. The fourth-order valence-corrected chi connectivity index (χ4v) is 1.98. The van der Waals surface area contributed by atoms with E-state index in [1.54, 1.807) is 0 Å². The summed E-state index contributed by atoms with van der Waals surface area (Å²) in [4.78, 5) is 6.77. The lowest BCUT2D eigenvalue weighted by Crippen LogP contribution is -2.10. The maximum absolute atomic E-state index is 4.52. The average molecular weight is 188 g/mol. The molecule has 0 N–H and O–H groups in total. The molecular formula is C10H12N4. The van der Waals surface area contributed by atoms with Crippen LogP contribution in [0.15, 0.2) is 12.3 Å². The minimum absolute atomic E-state index is 0.942. The first-order chi connectivity index (χ1) is 6.74. The molecule has 0 bridgehead atoms. The summed E-state index contributed by atoms with van der Waals surface area (Å²) in [5.74, 6) is 0. The van der Waals surface area contributed by atoms with Gasteiger partial charge in [0.15, 0.2) is 5.65 Å². The van der Waals surface area contributed by atoms with Gasteiger partial charge >= 0.3 is 0 Å². The van der Waals surface area contributed by atoms with E-state index in [1.165, 1.54) is 11.3 Å². The first kappa shape index (κ1) is 7.94. The lowest BCUT2D eigenvalue weighted by atomic mass is 10.3.